The molecule has 2 aromatic rings. The van der Waals surface area contributed by atoms with Crippen LogP contribution in [0.1, 0.15) is 6.92 Å². The first kappa shape index (κ1) is 11.5. The van der Waals surface area contributed by atoms with Gasteiger partial charge in [-0.3, -0.25) is 10.1 Å². The summed E-state index contributed by atoms with van der Waals surface area (Å²) in [6.45, 7) is 2.60. The fourth-order valence-corrected chi connectivity index (χ4v) is 2.13. The van der Waals surface area contributed by atoms with E-state index in [0.717, 1.165) is 4.88 Å². The molecule has 0 amide bonds. The highest BCUT2D eigenvalue weighted by atomic mass is 32.1. The van der Waals surface area contributed by atoms with Crippen LogP contribution >= 0.6 is 11.3 Å². The molecule has 0 aromatic carbocycles. The number of anilines is 1. The second-order valence-corrected chi connectivity index (χ2v) is 4.31. The second kappa shape index (κ2) is 4.92. The summed E-state index contributed by atoms with van der Waals surface area (Å²) in [4.78, 5) is 15.7. The van der Waals surface area contributed by atoms with E-state index in [2.05, 4.69) is 10.3 Å². The van der Waals surface area contributed by atoms with Crippen molar-refractivity contribution in [1.82, 2.24) is 4.98 Å². The molecule has 5 nitrogen and oxygen atoms in total. The molecule has 0 aliphatic heterocycles. The fraction of sp³-hybridized carbons (Fsp3) is 0.182. The lowest BCUT2D eigenvalue weighted by atomic mass is 10.2. The third-order valence-electron chi connectivity index (χ3n) is 2.15. The number of nitrogens with zero attached hydrogens (tertiary/aromatic N) is 2. The van der Waals surface area contributed by atoms with Gasteiger partial charge < -0.3 is 5.32 Å². The van der Waals surface area contributed by atoms with Crippen LogP contribution in [0.15, 0.2) is 29.6 Å². The maximum Gasteiger partial charge on any atom is 0.275 e. The van der Waals surface area contributed by atoms with Gasteiger partial charge in [0.25, 0.3) is 5.69 Å². The van der Waals surface area contributed by atoms with Crippen molar-refractivity contribution in [3.8, 4) is 10.6 Å². The average molecular weight is 249 g/mol. The van der Waals surface area contributed by atoms with E-state index in [1.807, 2.05) is 24.4 Å². The standard InChI is InChI=1S/C11H11N3O2S/c1-2-12-11-7-8(14(15)16)6-9(13-11)10-4-3-5-17-10/h3-7H,2H2,1H3,(H,12,13). The molecule has 0 fully saturated rings. The summed E-state index contributed by atoms with van der Waals surface area (Å²) in [7, 11) is 0. The van der Waals surface area contributed by atoms with Crippen LogP contribution in [-0.4, -0.2) is 16.5 Å². The Labute approximate surface area is 102 Å². The van der Waals surface area contributed by atoms with Crippen molar-refractivity contribution in [2.24, 2.45) is 0 Å². The monoisotopic (exact) mass is 249 g/mol. The number of hydrogen-bond acceptors (Lipinski definition) is 5. The van der Waals surface area contributed by atoms with Crippen LogP contribution in [0.4, 0.5) is 11.5 Å². The molecule has 0 unspecified atom stereocenters. The van der Waals surface area contributed by atoms with Crippen molar-refractivity contribution in [3.63, 3.8) is 0 Å². The van der Waals surface area contributed by atoms with Crippen molar-refractivity contribution in [2.75, 3.05) is 11.9 Å². The molecule has 0 aliphatic rings. The van der Waals surface area contributed by atoms with Gasteiger partial charge in [-0.1, -0.05) is 6.07 Å². The van der Waals surface area contributed by atoms with Gasteiger partial charge in [0.2, 0.25) is 0 Å². The lowest BCUT2D eigenvalue weighted by Crippen LogP contribution is -2.01. The summed E-state index contributed by atoms with van der Waals surface area (Å²) in [5.74, 6) is 0.532. The van der Waals surface area contributed by atoms with Gasteiger partial charge in [0.15, 0.2) is 0 Å². The zero-order valence-electron chi connectivity index (χ0n) is 9.21. The lowest BCUT2D eigenvalue weighted by molar-refractivity contribution is -0.384. The summed E-state index contributed by atoms with van der Waals surface area (Å²) in [6, 6.07) is 6.73. The van der Waals surface area contributed by atoms with Crippen molar-refractivity contribution in [1.29, 1.82) is 0 Å². The van der Waals surface area contributed by atoms with E-state index in [-0.39, 0.29) is 5.69 Å². The first-order chi connectivity index (χ1) is 8.20. The topological polar surface area (TPSA) is 68.1 Å². The quantitative estimate of drug-likeness (QED) is 0.667. The number of pyridine rings is 1. The van der Waals surface area contributed by atoms with E-state index in [4.69, 9.17) is 0 Å². The fourth-order valence-electron chi connectivity index (χ4n) is 1.44. The first-order valence-electron chi connectivity index (χ1n) is 5.15. The number of hydrogen-bond donors (Lipinski definition) is 1. The van der Waals surface area contributed by atoms with E-state index < -0.39 is 4.92 Å². The average Bonchev–Trinajstić information content (AvgIpc) is 2.82. The van der Waals surface area contributed by atoms with Crippen LogP contribution in [0, 0.1) is 10.1 Å². The maximum absolute atomic E-state index is 10.8. The predicted molar refractivity (Wildman–Crippen MR) is 68.4 cm³/mol. The van der Waals surface area contributed by atoms with E-state index >= 15 is 0 Å². The van der Waals surface area contributed by atoms with Crippen LogP contribution in [0.5, 0.6) is 0 Å². The molecule has 17 heavy (non-hydrogen) atoms. The Kier molecular flexibility index (Phi) is 3.34. The zero-order chi connectivity index (χ0) is 12.3. The minimum Gasteiger partial charge on any atom is -0.370 e. The molecular formula is C11H11N3O2S. The molecule has 0 saturated carbocycles. The number of rotatable bonds is 4. The highest BCUT2D eigenvalue weighted by Crippen LogP contribution is 2.28. The molecule has 2 aromatic heterocycles. The van der Waals surface area contributed by atoms with Crippen molar-refractivity contribution >= 4 is 22.8 Å². The summed E-state index contributed by atoms with van der Waals surface area (Å²) in [5.41, 5.74) is 0.685. The summed E-state index contributed by atoms with van der Waals surface area (Å²) >= 11 is 1.51. The molecule has 0 atom stereocenters. The third-order valence-corrected chi connectivity index (χ3v) is 3.04. The van der Waals surface area contributed by atoms with Crippen molar-refractivity contribution in [3.05, 3.63) is 39.8 Å². The molecular weight excluding hydrogens is 238 g/mol. The van der Waals surface area contributed by atoms with E-state index in [1.54, 1.807) is 0 Å². The predicted octanol–water partition coefficient (Wildman–Crippen LogP) is 3.15. The van der Waals surface area contributed by atoms with E-state index in [1.165, 1.54) is 23.5 Å². The molecule has 1 N–H and O–H groups in total. The Balaban J connectivity index is 2.48. The van der Waals surface area contributed by atoms with E-state index in [0.29, 0.717) is 18.1 Å². The minimum absolute atomic E-state index is 0.0550. The summed E-state index contributed by atoms with van der Waals surface area (Å²) in [5, 5.41) is 15.7. The maximum atomic E-state index is 10.8. The van der Waals surface area contributed by atoms with Gasteiger partial charge in [-0.2, -0.15) is 0 Å². The highest BCUT2D eigenvalue weighted by molar-refractivity contribution is 7.13. The Hall–Kier alpha value is -1.95. The van der Waals surface area contributed by atoms with Gasteiger partial charge in [0, 0.05) is 12.6 Å². The molecule has 2 rings (SSSR count). The molecule has 0 spiro atoms. The summed E-state index contributed by atoms with van der Waals surface area (Å²) < 4.78 is 0. The number of aromatic nitrogens is 1. The molecule has 0 aliphatic carbocycles. The van der Waals surface area contributed by atoms with Crippen molar-refractivity contribution < 1.29 is 4.92 Å². The van der Waals surface area contributed by atoms with Crippen LogP contribution in [0.3, 0.4) is 0 Å². The zero-order valence-corrected chi connectivity index (χ0v) is 10.0. The van der Waals surface area contributed by atoms with Gasteiger partial charge in [-0.25, -0.2) is 4.98 Å². The van der Waals surface area contributed by atoms with Gasteiger partial charge in [0.05, 0.1) is 21.6 Å². The Bertz CT molecular complexity index is 526. The molecule has 2 heterocycles. The number of nitro groups is 1. The third kappa shape index (κ3) is 2.59. The van der Waals surface area contributed by atoms with Gasteiger partial charge in [-0.15, -0.1) is 11.3 Å². The van der Waals surface area contributed by atoms with Gasteiger partial charge in [0.1, 0.15) is 5.82 Å². The SMILES string of the molecule is CCNc1cc([N+](=O)[O-])cc(-c2cccs2)n1. The second-order valence-electron chi connectivity index (χ2n) is 3.36. The smallest absolute Gasteiger partial charge is 0.275 e. The molecule has 88 valence electrons. The van der Waals surface area contributed by atoms with Crippen LogP contribution in [0.2, 0.25) is 0 Å². The van der Waals surface area contributed by atoms with Gasteiger partial charge in [-0.05, 0) is 18.4 Å². The summed E-state index contributed by atoms with van der Waals surface area (Å²) in [6.07, 6.45) is 0. The molecule has 0 radical (unpaired) electrons. The Morgan fingerprint density at radius 2 is 2.35 bits per heavy atom. The van der Waals surface area contributed by atoms with Crippen LogP contribution in [-0.2, 0) is 0 Å². The largest absolute Gasteiger partial charge is 0.370 e. The Morgan fingerprint density at radius 3 is 2.94 bits per heavy atom. The van der Waals surface area contributed by atoms with Gasteiger partial charge >= 0.3 is 0 Å². The van der Waals surface area contributed by atoms with Crippen LogP contribution < -0.4 is 5.32 Å². The number of nitrogens with one attached hydrogen (secondary N) is 1. The molecule has 0 saturated heterocycles. The highest BCUT2D eigenvalue weighted by Gasteiger charge is 2.12. The first-order valence-corrected chi connectivity index (χ1v) is 6.03. The normalized spacial score (nSPS) is 10.2. The van der Waals surface area contributed by atoms with Crippen LogP contribution in [0.25, 0.3) is 10.6 Å². The lowest BCUT2D eigenvalue weighted by Gasteiger charge is -2.04. The number of thiophene rings is 1. The van der Waals surface area contributed by atoms with E-state index in [9.17, 15) is 10.1 Å². The molecule has 0 bridgehead atoms. The minimum atomic E-state index is -0.403. The Morgan fingerprint density at radius 1 is 1.53 bits per heavy atom. The molecule has 6 heteroatoms. The van der Waals surface area contributed by atoms with Crippen molar-refractivity contribution in [2.45, 2.75) is 6.92 Å².